The van der Waals surface area contributed by atoms with Crippen LogP contribution in [0.1, 0.15) is 26.3 Å². The SMILES string of the molecule is CN=C(NCc1cccnc1-n1ccnc1)NC1CN(C(C)C)CC1C. The van der Waals surface area contributed by atoms with Gasteiger partial charge in [-0.2, -0.15) is 0 Å². The van der Waals surface area contributed by atoms with Crippen LogP contribution in [0.3, 0.4) is 0 Å². The van der Waals surface area contributed by atoms with E-state index >= 15 is 0 Å². The summed E-state index contributed by atoms with van der Waals surface area (Å²) in [6.45, 7) is 9.62. The van der Waals surface area contributed by atoms with E-state index in [-0.39, 0.29) is 0 Å². The fraction of sp³-hybridized carbons (Fsp3) is 0.526. The summed E-state index contributed by atoms with van der Waals surface area (Å²) in [6, 6.07) is 5.01. The highest BCUT2D eigenvalue weighted by Crippen LogP contribution is 2.18. The number of aromatic nitrogens is 3. The third-order valence-corrected chi connectivity index (χ3v) is 4.98. The monoisotopic (exact) mass is 355 g/mol. The Hall–Kier alpha value is -2.41. The molecular formula is C19H29N7. The molecule has 3 heterocycles. The summed E-state index contributed by atoms with van der Waals surface area (Å²) < 4.78 is 1.92. The summed E-state index contributed by atoms with van der Waals surface area (Å²) in [7, 11) is 1.81. The molecule has 1 aliphatic heterocycles. The van der Waals surface area contributed by atoms with Crippen LogP contribution in [0.25, 0.3) is 5.82 Å². The van der Waals surface area contributed by atoms with Crippen LogP contribution in [-0.2, 0) is 6.54 Å². The third kappa shape index (κ3) is 4.22. The van der Waals surface area contributed by atoms with Crippen molar-refractivity contribution in [2.24, 2.45) is 10.9 Å². The molecule has 1 aliphatic rings. The predicted octanol–water partition coefficient (Wildman–Crippen LogP) is 1.66. The van der Waals surface area contributed by atoms with E-state index in [0.29, 0.717) is 24.5 Å². The predicted molar refractivity (Wildman–Crippen MR) is 104 cm³/mol. The molecule has 140 valence electrons. The Kier molecular flexibility index (Phi) is 5.88. The largest absolute Gasteiger partial charge is 0.352 e. The molecule has 0 spiro atoms. The summed E-state index contributed by atoms with van der Waals surface area (Å²) in [4.78, 5) is 15.5. The van der Waals surface area contributed by atoms with Crippen molar-refractivity contribution in [2.75, 3.05) is 20.1 Å². The number of nitrogens with zero attached hydrogens (tertiary/aromatic N) is 5. The van der Waals surface area contributed by atoms with Gasteiger partial charge in [-0.15, -0.1) is 0 Å². The smallest absolute Gasteiger partial charge is 0.191 e. The second-order valence-electron chi connectivity index (χ2n) is 7.16. The van der Waals surface area contributed by atoms with Crippen molar-refractivity contribution < 1.29 is 0 Å². The number of pyridine rings is 1. The molecule has 2 aromatic heterocycles. The van der Waals surface area contributed by atoms with E-state index in [9.17, 15) is 0 Å². The van der Waals surface area contributed by atoms with Gasteiger partial charge in [0.05, 0.1) is 0 Å². The number of nitrogens with one attached hydrogen (secondary N) is 2. The molecule has 2 aromatic rings. The van der Waals surface area contributed by atoms with Crippen molar-refractivity contribution >= 4 is 5.96 Å². The van der Waals surface area contributed by atoms with E-state index in [4.69, 9.17) is 0 Å². The van der Waals surface area contributed by atoms with Gasteiger partial charge in [-0.05, 0) is 25.8 Å². The number of hydrogen-bond donors (Lipinski definition) is 2. The Balaban J connectivity index is 1.62. The van der Waals surface area contributed by atoms with E-state index in [1.807, 2.05) is 23.9 Å². The standard InChI is InChI=1S/C19H29N7/c1-14(2)26-11-15(3)17(12-26)24-19(20-4)23-10-16-6-5-7-22-18(16)25-9-8-21-13-25/h5-9,13-15,17H,10-12H2,1-4H3,(H2,20,23,24). The highest BCUT2D eigenvalue weighted by atomic mass is 15.3. The topological polar surface area (TPSA) is 70.4 Å². The van der Waals surface area contributed by atoms with E-state index in [2.05, 4.69) is 57.3 Å². The van der Waals surface area contributed by atoms with Crippen molar-refractivity contribution in [1.82, 2.24) is 30.1 Å². The summed E-state index contributed by atoms with van der Waals surface area (Å²) >= 11 is 0. The first-order chi connectivity index (χ1) is 12.6. The lowest BCUT2D eigenvalue weighted by atomic mass is 10.1. The molecule has 0 radical (unpaired) electrons. The number of rotatable bonds is 5. The van der Waals surface area contributed by atoms with E-state index in [1.165, 1.54) is 0 Å². The fourth-order valence-corrected chi connectivity index (χ4v) is 3.35. The summed E-state index contributed by atoms with van der Waals surface area (Å²) in [6.07, 6.45) is 7.22. The lowest BCUT2D eigenvalue weighted by Crippen LogP contribution is -2.46. The van der Waals surface area contributed by atoms with Crippen molar-refractivity contribution in [1.29, 1.82) is 0 Å². The molecule has 0 saturated carbocycles. The second-order valence-corrected chi connectivity index (χ2v) is 7.16. The molecule has 2 unspecified atom stereocenters. The van der Waals surface area contributed by atoms with Gasteiger partial charge in [0.15, 0.2) is 5.96 Å². The average molecular weight is 355 g/mol. The molecule has 1 fully saturated rings. The van der Waals surface area contributed by atoms with E-state index in [1.54, 1.807) is 18.7 Å². The van der Waals surface area contributed by atoms with E-state index < -0.39 is 0 Å². The van der Waals surface area contributed by atoms with Crippen LogP contribution in [0.5, 0.6) is 0 Å². The molecule has 26 heavy (non-hydrogen) atoms. The molecule has 3 rings (SSSR count). The molecule has 0 aliphatic carbocycles. The van der Waals surface area contributed by atoms with Gasteiger partial charge < -0.3 is 10.6 Å². The van der Waals surface area contributed by atoms with Crippen LogP contribution >= 0.6 is 0 Å². The van der Waals surface area contributed by atoms with E-state index in [0.717, 1.165) is 30.4 Å². The summed E-state index contributed by atoms with van der Waals surface area (Å²) in [5, 5.41) is 7.01. The van der Waals surface area contributed by atoms with Crippen molar-refractivity contribution in [2.45, 2.75) is 39.4 Å². The van der Waals surface area contributed by atoms with Gasteiger partial charge in [0.25, 0.3) is 0 Å². The fourth-order valence-electron chi connectivity index (χ4n) is 3.35. The van der Waals surface area contributed by atoms with Crippen LogP contribution < -0.4 is 10.6 Å². The van der Waals surface area contributed by atoms with Crippen molar-refractivity contribution in [3.8, 4) is 5.82 Å². The Morgan fingerprint density at radius 1 is 1.35 bits per heavy atom. The molecule has 1 saturated heterocycles. The zero-order valence-electron chi connectivity index (χ0n) is 16.1. The van der Waals surface area contributed by atoms with Crippen molar-refractivity contribution in [3.05, 3.63) is 42.6 Å². The Morgan fingerprint density at radius 2 is 2.19 bits per heavy atom. The lowest BCUT2D eigenvalue weighted by molar-refractivity contribution is 0.265. The van der Waals surface area contributed by atoms with Gasteiger partial charge in [-0.3, -0.25) is 14.5 Å². The van der Waals surface area contributed by atoms with Crippen LogP contribution in [0.4, 0.5) is 0 Å². The Morgan fingerprint density at radius 3 is 2.85 bits per heavy atom. The normalized spacial score (nSPS) is 21.3. The van der Waals surface area contributed by atoms with Gasteiger partial charge in [0.1, 0.15) is 12.1 Å². The van der Waals surface area contributed by atoms with Gasteiger partial charge in [-0.25, -0.2) is 9.97 Å². The van der Waals surface area contributed by atoms with Crippen LogP contribution in [0.15, 0.2) is 42.0 Å². The maximum absolute atomic E-state index is 4.49. The Labute approximate surface area is 155 Å². The van der Waals surface area contributed by atoms with Crippen LogP contribution in [0.2, 0.25) is 0 Å². The third-order valence-electron chi connectivity index (χ3n) is 4.98. The highest BCUT2D eigenvalue weighted by molar-refractivity contribution is 5.80. The highest BCUT2D eigenvalue weighted by Gasteiger charge is 2.31. The van der Waals surface area contributed by atoms with Gasteiger partial charge in [0, 0.05) is 62.9 Å². The zero-order chi connectivity index (χ0) is 18.5. The molecule has 0 aromatic carbocycles. The first kappa shape index (κ1) is 18.4. The van der Waals surface area contributed by atoms with Crippen LogP contribution in [0, 0.1) is 5.92 Å². The molecule has 2 atom stereocenters. The minimum Gasteiger partial charge on any atom is -0.352 e. The minimum absolute atomic E-state index is 0.408. The number of likely N-dealkylation sites (tertiary alicyclic amines) is 1. The first-order valence-corrected chi connectivity index (χ1v) is 9.22. The van der Waals surface area contributed by atoms with Crippen LogP contribution in [-0.4, -0.2) is 57.6 Å². The zero-order valence-corrected chi connectivity index (χ0v) is 16.1. The van der Waals surface area contributed by atoms with Crippen molar-refractivity contribution in [3.63, 3.8) is 0 Å². The summed E-state index contributed by atoms with van der Waals surface area (Å²) in [5.74, 6) is 2.30. The average Bonchev–Trinajstić information content (AvgIpc) is 3.29. The molecule has 0 amide bonds. The van der Waals surface area contributed by atoms with Gasteiger partial charge >= 0.3 is 0 Å². The lowest BCUT2D eigenvalue weighted by Gasteiger charge is -2.22. The molecule has 7 nitrogen and oxygen atoms in total. The molecule has 2 N–H and O–H groups in total. The quantitative estimate of drug-likeness (QED) is 0.631. The summed E-state index contributed by atoms with van der Waals surface area (Å²) in [5.41, 5.74) is 1.09. The minimum atomic E-state index is 0.408. The maximum Gasteiger partial charge on any atom is 0.191 e. The number of imidazole rings is 1. The maximum atomic E-state index is 4.49. The Bertz CT molecular complexity index is 723. The number of guanidine groups is 1. The molecule has 7 heteroatoms. The molecular weight excluding hydrogens is 326 g/mol. The van der Waals surface area contributed by atoms with Gasteiger partial charge in [-0.1, -0.05) is 13.0 Å². The molecule has 0 bridgehead atoms. The first-order valence-electron chi connectivity index (χ1n) is 9.22. The number of hydrogen-bond acceptors (Lipinski definition) is 4. The van der Waals surface area contributed by atoms with Gasteiger partial charge in [0.2, 0.25) is 0 Å². The number of aliphatic imine (C=N–C) groups is 1. The second kappa shape index (κ2) is 8.31.